The highest BCUT2D eigenvalue weighted by molar-refractivity contribution is 5.98. The zero-order valence-corrected chi connectivity index (χ0v) is 19.1. The van der Waals surface area contributed by atoms with Crippen LogP contribution in [0.5, 0.6) is 0 Å². The smallest absolute Gasteiger partial charge is 0.408 e. The molecule has 1 aliphatic carbocycles. The van der Waals surface area contributed by atoms with Crippen LogP contribution >= 0.6 is 0 Å². The van der Waals surface area contributed by atoms with Crippen molar-refractivity contribution in [1.29, 1.82) is 0 Å². The zero-order valence-electron chi connectivity index (χ0n) is 19.1. The topological polar surface area (TPSA) is 106 Å². The van der Waals surface area contributed by atoms with Gasteiger partial charge >= 0.3 is 6.09 Å². The van der Waals surface area contributed by atoms with Crippen LogP contribution in [0, 0.1) is 11.7 Å². The standard InChI is InChI=1S/C23H31FN4O4/c1-23(2,3)28(22(31)32)19-12-13(21(30)27(4)5)6-8-17(19)26-20(29)18-11-14-10-15(24)7-9-16(14)25-18/h7,9-11,13,17,19,25H,6,8,12H2,1-5H3,(H,26,29)(H,31,32)/t13-,17-,19+/m0/s1. The Bertz CT molecular complexity index is 1030. The lowest BCUT2D eigenvalue weighted by Gasteiger charge is -2.47. The lowest BCUT2D eigenvalue weighted by atomic mass is 9.79. The van der Waals surface area contributed by atoms with Gasteiger partial charge < -0.3 is 20.3 Å². The van der Waals surface area contributed by atoms with Crippen LogP contribution in [0.1, 0.15) is 50.5 Å². The number of aromatic nitrogens is 1. The maximum absolute atomic E-state index is 13.5. The van der Waals surface area contributed by atoms with Crippen molar-refractivity contribution in [1.82, 2.24) is 20.1 Å². The number of carbonyl (C=O) groups excluding carboxylic acids is 2. The van der Waals surface area contributed by atoms with Gasteiger partial charge in [0.05, 0.1) is 6.04 Å². The van der Waals surface area contributed by atoms with Crippen molar-refractivity contribution in [2.75, 3.05) is 14.1 Å². The van der Waals surface area contributed by atoms with Gasteiger partial charge in [-0.25, -0.2) is 9.18 Å². The summed E-state index contributed by atoms with van der Waals surface area (Å²) in [5, 5.41) is 13.5. The van der Waals surface area contributed by atoms with Crippen molar-refractivity contribution in [3.63, 3.8) is 0 Å². The summed E-state index contributed by atoms with van der Waals surface area (Å²) in [6.45, 7) is 5.39. The second-order valence-corrected chi connectivity index (χ2v) is 9.63. The Morgan fingerprint density at radius 2 is 1.84 bits per heavy atom. The van der Waals surface area contributed by atoms with Crippen molar-refractivity contribution in [3.05, 3.63) is 35.8 Å². The molecule has 0 bridgehead atoms. The van der Waals surface area contributed by atoms with E-state index in [0.717, 1.165) is 0 Å². The molecule has 1 heterocycles. The Kier molecular flexibility index (Phi) is 6.48. The monoisotopic (exact) mass is 446 g/mol. The predicted molar refractivity (Wildman–Crippen MR) is 119 cm³/mol. The van der Waals surface area contributed by atoms with Gasteiger partial charge in [0.1, 0.15) is 11.5 Å². The van der Waals surface area contributed by atoms with Crippen molar-refractivity contribution in [2.24, 2.45) is 5.92 Å². The molecular formula is C23H31FN4O4. The van der Waals surface area contributed by atoms with Gasteiger partial charge in [-0.05, 0) is 64.3 Å². The highest BCUT2D eigenvalue weighted by Gasteiger charge is 2.43. The lowest BCUT2D eigenvalue weighted by molar-refractivity contribution is -0.135. The number of halogens is 1. The molecule has 0 aliphatic heterocycles. The summed E-state index contributed by atoms with van der Waals surface area (Å²) in [7, 11) is 3.37. The Hall–Kier alpha value is -3.10. The molecule has 32 heavy (non-hydrogen) atoms. The molecule has 0 unspecified atom stereocenters. The number of hydrogen-bond donors (Lipinski definition) is 3. The maximum Gasteiger partial charge on any atom is 0.408 e. The number of hydrogen-bond acceptors (Lipinski definition) is 3. The normalized spacial score (nSPS) is 21.2. The Morgan fingerprint density at radius 3 is 2.44 bits per heavy atom. The number of benzene rings is 1. The zero-order chi connectivity index (χ0) is 23.8. The second-order valence-electron chi connectivity index (χ2n) is 9.63. The molecule has 1 fully saturated rings. The van der Waals surface area contributed by atoms with E-state index in [1.165, 1.54) is 21.9 Å². The van der Waals surface area contributed by atoms with Gasteiger partial charge in [0, 0.05) is 42.5 Å². The number of fused-ring (bicyclic) bond motifs is 1. The molecule has 3 N–H and O–H groups in total. The summed E-state index contributed by atoms with van der Waals surface area (Å²) in [5.41, 5.74) is 0.185. The summed E-state index contributed by atoms with van der Waals surface area (Å²) in [6.07, 6.45) is 0.244. The molecule has 0 spiro atoms. The Labute approximate surface area is 186 Å². The van der Waals surface area contributed by atoms with E-state index in [1.807, 2.05) is 0 Å². The average Bonchev–Trinajstić information content (AvgIpc) is 3.10. The number of carboxylic acid groups (broad SMARTS) is 1. The summed E-state index contributed by atoms with van der Waals surface area (Å²) in [4.78, 5) is 43.6. The molecule has 3 amide bonds. The minimum Gasteiger partial charge on any atom is -0.465 e. The molecule has 3 atom stereocenters. The summed E-state index contributed by atoms with van der Waals surface area (Å²) >= 11 is 0. The third-order valence-corrected chi connectivity index (χ3v) is 6.01. The van der Waals surface area contributed by atoms with E-state index in [0.29, 0.717) is 30.2 Å². The van der Waals surface area contributed by atoms with Gasteiger partial charge in [-0.1, -0.05) is 0 Å². The van der Waals surface area contributed by atoms with Crippen LogP contribution in [0.25, 0.3) is 10.9 Å². The van der Waals surface area contributed by atoms with E-state index < -0.39 is 35.4 Å². The molecule has 0 radical (unpaired) electrons. The first-order valence-corrected chi connectivity index (χ1v) is 10.7. The number of nitrogens with zero attached hydrogens (tertiary/aromatic N) is 2. The Balaban J connectivity index is 1.88. The maximum atomic E-state index is 13.5. The highest BCUT2D eigenvalue weighted by Crippen LogP contribution is 2.33. The molecule has 1 saturated carbocycles. The number of aromatic amines is 1. The van der Waals surface area contributed by atoms with E-state index in [2.05, 4.69) is 10.3 Å². The number of carbonyl (C=O) groups is 3. The van der Waals surface area contributed by atoms with E-state index in [-0.39, 0.29) is 17.5 Å². The summed E-state index contributed by atoms with van der Waals surface area (Å²) < 4.78 is 13.5. The molecule has 0 saturated heterocycles. The molecule has 1 aromatic heterocycles. The molecule has 2 aromatic rings. The van der Waals surface area contributed by atoms with Crippen molar-refractivity contribution < 1.29 is 23.9 Å². The van der Waals surface area contributed by atoms with Crippen LogP contribution in [0.3, 0.4) is 0 Å². The van der Waals surface area contributed by atoms with E-state index in [9.17, 15) is 23.9 Å². The summed E-state index contributed by atoms with van der Waals surface area (Å²) in [5.74, 6) is -1.15. The number of amides is 3. The molecule has 1 aromatic carbocycles. The first-order valence-electron chi connectivity index (χ1n) is 10.7. The van der Waals surface area contributed by atoms with Gasteiger partial charge in [0.15, 0.2) is 0 Å². The predicted octanol–water partition coefficient (Wildman–Crippen LogP) is 3.44. The Morgan fingerprint density at radius 1 is 1.16 bits per heavy atom. The molecule has 174 valence electrons. The quantitative estimate of drug-likeness (QED) is 0.669. The fourth-order valence-electron chi connectivity index (χ4n) is 4.59. The van der Waals surface area contributed by atoms with Crippen molar-refractivity contribution in [3.8, 4) is 0 Å². The third-order valence-electron chi connectivity index (χ3n) is 6.01. The van der Waals surface area contributed by atoms with Gasteiger partial charge in [0.2, 0.25) is 5.91 Å². The van der Waals surface area contributed by atoms with E-state index in [1.54, 1.807) is 47.0 Å². The first-order chi connectivity index (χ1) is 14.9. The largest absolute Gasteiger partial charge is 0.465 e. The van der Waals surface area contributed by atoms with Crippen molar-refractivity contribution >= 4 is 28.8 Å². The third kappa shape index (κ3) is 4.87. The fraction of sp³-hybridized carbons (Fsp3) is 0.522. The van der Waals surface area contributed by atoms with Crippen molar-refractivity contribution in [2.45, 2.75) is 57.7 Å². The molecule has 9 heteroatoms. The minimum absolute atomic E-state index is 0.0448. The minimum atomic E-state index is -1.10. The average molecular weight is 447 g/mol. The number of H-pyrrole nitrogens is 1. The summed E-state index contributed by atoms with van der Waals surface area (Å²) in [6, 6.07) is 4.76. The molecule has 1 aliphatic rings. The van der Waals surface area contributed by atoms with Crippen LogP contribution in [0.2, 0.25) is 0 Å². The SMILES string of the molecule is CN(C)C(=O)[C@H]1CC[C@H](NC(=O)c2cc3cc(F)ccc3[nH]2)[C@H](N(C(=O)O)C(C)(C)C)C1. The van der Waals surface area contributed by atoms with Gasteiger partial charge in [-0.3, -0.25) is 14.5 Å². The second kappa shape index (κ2) is 8.80. The van der Waals surface area contributed by atoms with Crippen LogP contribution in [-0.2, 0) is 4.79 Å². The highest BCUT2D eigenvalue weighted by atomic mass is 19.1. The lowest BCUT2D eigenvalue weighted by Crippen LogP contribution is -2.61. The van der Waals surface area contributed by atoms with Gasteiger partial charge in [-0.15, -0.1) is 0 Å². The number of nitrogens with one attached hydrogen (secondary N) is 2. The van der Waals surface area contributed by atoms with E-state index >= 15 is 0 Å². The van der Waals surface area contributed by atoms with Crippen LogP contribution < -0.4 is 5.32 Å². The fourth-order valence-corrected chi connectivity index (χ4v) is 4.59. The van der Waals surface area contributed by atoms with Crippen LogP contribution in [0.15, 0.2) is 24.3 Å². The first kappa shape index (κ1) is 23.6. The molecular weight excluding hydrogens is 415 g/mol. The van der Waals surface area contributed by atoms with Gasteiger partial charge in [0.25, 0.3) is 5.91 Å². The van der Waals surface area contributed by atoms with Crippen LogP contribution in [-0.4, -0.2) is 69.5 Å². The van der Waals surface area contributed by atoms with Crippen LogP contribution in [0.4, 0.5) is 9.18 Å². The number of rotatable bonds is 4. The molecule has 8 nitrogen and oxygen atoms in total. The molecule has 3 rings (SSSR count). The van der Waals surface area contributed by atoms with Gasteiger partial charge in [-0.2, -0.15) is 0 Å². The van der Waals surface area contributed by atoms with E-state index in [4.69, 9.17) is 0 Å².